The lowest BCUT2D eigenvalue weighted by atomic mass is 10.2. The van der Waals surface area contributed by atoms with Crippen LogP contribution in [0.2, 0.25) is 0 Å². The topological polar surface area (TPSA) is 63.6 Å². The highest BCUT2D eigenvalue weighted by Gasteiger charge is 2.34. The molecule has 0 fully saturated rings. The number of nitrogens with zero attached hydrogens (tertiary/aromatic N) is 4. The molecule has 0 saturated carbocycles. The van der Waals surface area contributed by atoms with Gasteiger partial charge in [0.15, 0.2) is 10.8 Å². The average Bonchev–Trinajstić information content (AvgIpc) is 2.58. The van der Waals surface area contributed by atoms with E-state index < -0.39 is 17.6 Å². The van der Waals surface area contributed by atoms with Crippen molar-refractivity contribution in [3.63, 3.8) is 0 Å². The van der Waals surface area contributed by atoms with Gasteiger partial charge in [0.2, 0.25) is 0 Å². The Morgan fingerprint density at radius 2 is 1.77 bits per heavy atom. The lowest BCUT2D eigenvalue weighted by molar-refractivity contribution is -0.141. The van der Waals surface area contributed by atoms with Gasteiger partial charge in [-0.15, -0.1) is 0 Å². The standard InChI is InChI=1S/C15H10F5N5S/c16-13(17)26-14-24-11-9(4-2-6-22-11)12(25-14)23-7-8-3-1-5-21-10(8)15(18,19)20/h1-6,13H,7H2,(H,22,23,24,25). The van der Waals surface area contributed by atoms with Crippen molar-refractivity contribution in [2.45, 2.75) is 23.6 Å². The Morgan fingerprint density at radius 3 is 2.50 bits per heavy atom. The van der Waals surface area contributed by atoms with Gasteiger partial charge in [0, 0.05) is 24.5 Å². The smallest absolute Gasteiger partial charge is 0.365 e. The number of thioether (sulfide) groups is 1. The van der Waals surface area contributed by atoms with Crippen molar-refractivity contribution in [2.24, 2.45) is 0 Å². The molecule has 0 bridgehead atoms. The van der Waals surface area contributed by atoms with Crippen LogP contribution in [0, 0.1) is 0 Å². The Bertz CT molecular complexity index is 918. The molecule has 3 heterocycles. The zero-order valence-electron chi connectivity index (χ0n) is 12.8. The fraction of sp³-hybridized carbons (Fsp3) is 0.200. The number of rotatable bonds is 5. The summed E-state index contributed by atoms with van der Waals surface area (Å²) in [6.07, 6.45) is -2.13. The van der Waals surface area contributed by atoms with Gasteiger partial charge in [-0.2, -0.15) is 22.0 Å². The van der Waals surface area contributed by atoms with Gasteiger partial charge >= 0.3 is 6.18 Å². The maximum atomic E-state index is 13.0. The zero-order valence-corrected chi connectivity index (χ0v) is 13.7. The Labute approximate surface area is 148 Å². The second-order valence-electron chi connectivity index (χ2n) is 4.97. The zero-order chi connectivity index (χ0) is 18.7. The molecule has 0 unspecified atom stereocenters. The van der Waals surface area contributed by atoms with Crippen LogP contribution in [0.5, 0.6) is 0 Å². The van der Waals surface area contributed by atoms with E-state index in [1.54, 1.807) is 12.1 Å². The van der Waals surface area contributed by atoms with Crippen molar-refractivity contribution < 1.29 is 22.0 Å². The average molecular weight is 387 g/mol. The summed E-state index contributed by atoms with van der Waals surface area (Å²) in [5, 5.41) is 2.92. The van der Waals surface area contributed by atoms with Gasteiger partial charge in [0.25, 0.3) is 5.76 Å². The fourth-order valence-corrected chi connectivity index (χ4v) is 2.67. The van der Waals surface area contributed by atoms with E-state index in [-0.39, 0.29) is 40.5 Å². The molecule has 0 atom stereocenters. The monoisotopic (exact) mass is 387 g/mol. The normalized spacial score (nSPS) is 11.9. The van der Waals surface area contributed by atoms with E-state index in [1.807, 2.05) is 0 Å². The maximum absolute atomic E-state index is 13.0. The summed E-state index contributed by atoms with van der Waals surface area (Å²) in [6.45, 7) is -0.248. The van der Waals surface area contributed by atoms with Crippen LogP contribution in [0.1, 0.15) is 11.3 Å². The number of alkyl halides is 5. The number of fused-ring (bicyclic) bond motifs is 1. The Balaban J connectivity index is 1.94. The van der Waals surface area contributed by atoms with Crippen molar-refractivity contribution in [3.05, 3.63) is 47.9 Å². The van der Waals surface area contributed by atoms with Crippen LogP contribution in [0.25, 0.3) is 11.0 Å². The molecule has 0 radical (unpaired) electrons. The highest BCUT2D eigenvalue weighted by molar-refractivity contribution is 7.99. The number of halogens is 5. The van der Waals surface area contributed by atoms with Crippen LogP contribution in [0.4, 0.5) is 27.8 Å². The summed E-state index contributed by atoms with van der Waals surface area (Å²) in [7, 11) is 0. The van der Waals surface area contributed by atoms with E-state index >= 15 is 0 Å². The number of anilines is 1. The minimum absolute atomic E-state index is 0.0984. The number of hydrogen-bond acceptors (Lipinski definition) is 6. The Morgan fingerprint density at radius 1 is 1.04 bits per heavy atom. The molecule has 5 nitrogen and oxygen atoms in total. The van der Waals surface area contributed by atoms with Crippen molar-refractivity contribution in [2.75, 3.05) is 5.32 Å². The summed E-state index contributed by atoms with van der Waals surface area (Å²) in [6, 6.07) is 5.83. The van der Waals surface area contributed by atoms with Crippen molar-refractivity contribution >= 4 is 28.6 Å². The van der Waals surface area contributed by atoms with Gasteiger partial charge in [-0.3, -0.25) is 4.98 Å². The van der Waals surface area contributed by atoms with Gasteiger partial charge in [-0.05, 0) is 30.0 Å². The first kappa shape index (κ1) is 18.2. The second kappa shape index (κ2) is 7.36. The van der Waals surface area contributed by atoms with Crippen LogP contribution in [0.3, 0.4) is 0 Å². The van der Waals surface area contributed by atoms with E-state index in [0.29, 0.717) is 5.39 Å². The molecule has 1 N–H and O–H groups in total. The first-order valence-corrected chi connectivity index (χ1v) is 8.05. The van der Waals surface area contributed by atoms with Crippen molar-refractivity contribution in [1.82, 2.24) is 19.9 Å². The van der Waals surface area contributed by atoms with E-state index in [1.165, 1.54) is 18.3 Å². The van der Waals surface area contributed by atoms with Crippen LogP contribution in [-0.4, -0.2) is 25.7 Å². The fourth-order valence-electron chi connectivity index (χ4n) is 2.22. The Hall–Kier alpha value is -2.56. The highest BCUT2D eigenvalue weighted by Crippen LogP contribution is 2.31. The summed E-state index contributed by atoms with van der Waals surface area (Å²) in [4.78, 5) is 15.2. The van der Waals surface area contributed by atoms with Crippen LogP contribution < -0.4 is 5.32 Å². The van der Waals surface area contributed by atoms with Crippen LogP contribution in [0.15, 0.2) is 41.8 Å². The maximum Gasteiger partial charge on any atom is 0.433 e. The largest absolute Gasteiger partial charge is 0.433 e. The first-order chi connectivity index (χ1) is 12.3. The summed E-state index contributed by atoms with van der Waals surface area (Å²) in [5.74, 6) is -2.62. The number of nitrogens with one attached hydrogen (secondary N) is 1. The summed E-state index contributed by atoms with van der Waals surface area (Å²) in [5.41, 5.74) is -0.958. The van der Waals surface area contributed by atoms with Crippen molar-refractivity contribution in [3.8, 4) is 0 Å². The molecular formula is C15H10F5N5S. The number of aromatic nitrogens is 4. The Kier molecular flexibility index (Phi) is 5.16. The minimum Gasteiger partial charge on any atom is -0.365 e. The van der Waals surface area contributed by atoms with Crippen LogP contribution >= 0.6 is 11.8 Å². The minimum atomic E-state index is -4.61. The molecule has 0 spiro atoms. The quantitative estimate of drug-likeness (QED) is 0.399. The number of pyridine rings is 2. The molecule has 0 aromatic carbocycles. The first-order valence-electron chi connectivity index (χ1n) is 7.17. The molecule has 26 heavy (non-hydrogen) atoms. The molecular weight excluding hydrogens is 377 g/mol. The van der Waals surface area contributed by atoms with E-state index in [9.17, 15) is 22.0 Å². The van der Waals surface area contributed by atoms with Gasteiger partial charge in [0.1, 0.15) is 11.5 Å². The van der Waals surface area contributed by atoms with Gasteiger partial charge in [-0.25, -0.2) is 15.0 Å². The molecule has 0 aliphatic carbocycles. The molecule has 3 rings (SSSR count). The molecule has 0 amide bonds. The molecule has 11 heteroatoms. The SMILES string of the molecule is FC(F)Sc1nc(NCc2cccnc2C(F)(F)F)c2cccnc2n1. The predicted octanol–water partition coefficient (Wildman–Crippen LogP) is 4.37. The van der Waals surface area contributed by atoms with E-state index in [0.717, 1.165) is 6.20 Å². The molecule has 136 valence electrons. The lowest BCUT2D eigenvalue weighted by Crippen LogP contribution is -2.14. The third kappa shape index (κ3) is 4.15. The molecule has 0 aliphatic rings. The predicted molar refractivity (Wildman–Crippen MR) is 85.8 cm³/mol. The molecule has 0 saturated heterocycles. The van der Waals surface area contributed by atoms with Gasteiger partial charge < -0.3 is 5.32 Å². The molecule has 3 aromatic heterocycles. The van der Waals surface area contributed by atoms with Gasteiger partial charge in [-0.1, -0.05) is 6.07 Å². The lowest BCUT2D eigenvalue weighted by Gasteiger charge is -2.13. The highest BCUT2D eigenvalue weighted by atomic mass is 32.2. The number of hydrogen-bond donors (Lipinski definition) is 1. The molecule has 0 aliphatic heterocycles. The third-order valence-electron chi connectivity index (χ3n) is 3.25. The second-order valence-corrected chi connectivity index (χ2v) is 5.93. The third-order valence-corrected chi connectivity index (χ3v) is 3.82. The van der Waals surface area contributed by atoms with Gasteiger partial charge in [0.05, 0.1) is 5.39 Å². The summed E-state index contributed by atoms with van der Waals surface area (Å²) >= 11 is 0.129. The summed E-state index contributed by atoms with van der Waals surface area (Å²) < 4.78 is 64.3. The van der Waals surface area contributed by atoms with Crippen LogP contribution in [-0.2, 0) is 12.7 Å². The molecule has 3 aromatic rings. The van der Waals surface area contributed by atoms with Crippen molar-refractivity contribution in [1.29, 1.82) is 0 Å². The van der Waals surface area contributed by atoms with E-state index in [4.69, 9.17) is 0 Å². The van der Waals surface area contributed by atoms with E-state index in [2.05, 4.69) is 25.3 Å².